The van der Waals surface area contributed by atoms with E-state index in [0.717, 1.165) is 19.5 Å². The van der Waals surface area contributed by atoms with Crippen LogP contribution in [0.5, 0.6) is 0 Å². The van der Waals surface area contributed by atoms with Crippen LogP contribution in [0.15, 0.2) is 24.3 Å². The number of likely N-dealkylation sites (tertiary alicyclic amines) is 1. The molecule has 5 heteroatoms. The van der Waals surface area contributed by atoms with Gasteiger partial charge in [-0.05, 0) is 36.8 Å². The molecular formula is C16H22ClN3O. The van der Waals surface area contributed by atoms with Crippen LogP contribution in [-0.2, 0) is 4.79 Å². The predicted octanol–water partition coefficient (Wildman–Crippen LogP) is 2.34. The maximum Gasteiger partial charge on any atom is 0.238 e. The number of fused-ring (bicyclic) bond motifs is 1. The average molecular weight is 308 g/mol. The van der Waals surface area contributed by atoms with Crippen molar-refractivity contribution >= 4 is 23.2 Å². The highest BCUT2D eigenvalue weighted by atomic mass is 35.5. The SMILES string of the molecule is NC1CCCC2CN(CC(=O)Nc3ccccc3Cl)CC12. The van der Waals surface area contributed by atoms with Crippen LogP contribution < -0.4 is 11.1 Å². The van der Waals surface area contributed by atoms with Crippen molar-refractivity contribution in [1.82, 2.24) is 4.90 Å². The summed E-state index contributed by atoms with van der Waals surface area (Å²) in [5.74, 6) is 1.23. The molecule has 1 aliphatic heterocycles. The van der Waals surface area contributed by atoms with E-state index < -0.39 is 0 Å². The van der Waals surface area contributed by atoms with Crippen LogP contribution in [0.1, 0.15) is 19.3 Å². The molecule has 0 bridgehead atoms. The van der Waals surface area contributed by atoms with Gasteiger partial charge in [-0.2, -0.15) is 0 Å². The molecule has 4 nitrogen and oxygen atoms in total. The predicted molar refractivity (Wildman–Crippen MR) is 85.3 cm³/mol. The molecule has 1 saturated heterocycles. The second kappa shape index (κ2) is 6.34. The number of carbonyl (C=O) groups is 1. The van der Waals surface area contributed by atoms with Gasteiger partial charge in [0.25, 0.3) is 0 Å². The summed E-state index contributed by atoms with van der Waals surface area (Å²) in [6.45, 7) is 2.36. The lowest BCUT2D eigenvalue weighted by atomic mass is 9.78. The Balaban J connectivity index is 1.55. The highest BCUT2D eigenvalue weighted by molar-refractivity contribution is 6.33. The summed E-state index contributed by atoms with van der Waals surface area (Å²) in [4.78, 5) is 14.4. The second-order valence-electron chi connectivity index (χ2n) is 6.24. The first-order valence-electron chi connectivity index (χ1n) is 7.66. The van der Waals surface area contributed by atoms with Crippen LogP contribution >= 0.6 is 11.6 Å². The van der Waals surface area contributed by atoms with Crippen LogP contribution in [0, 0.1) is 11.8 Å². The first kappa shape index (κ1) is 14.8. The van der Waals surface area contributed by atoms with Crippen molar-refractivity contribution in [3.05, 3.63) is 29.3 Å². The summed E-state index contributed by atoms with van der Waals surface area (Å²) in [6, 6.07) is 7.62. The molecule has 3 atom stereocenters. The molecule has 114 valence electrons. The normalized spacial score (nSPS) is 29.1. The number of halogens is 1. The summed E-state index contributed by atoms with van der Waals surface area (Å²) in [5, 5.41) is 3.46. The van der Waals surface area contributed by atoms with Crippen molar-refractivity contribution in [3.63, 3.8) is 0 Å². The number of nitrogens with two attached hydrogens (primary N) is 1. The maximum atomic E-state index is 12.2. The number of nitrogens with one attached hydrogen (secondary N) is 1. The lowest BCUT2D eigenvalue weighted by molar-refractivity contribution is -0.117. The first-order chi connectivity index (χ1) is 10.1. The van der Waals surface area contributed by atoms with E-state index in [4.69, 9.17) is 17.3 Å². The quantitative estimate of drug-likeness (QED) is 0.901. The molecule has 3 rings (SSSR count). The summed E-state index contributed by atoms with van der Waals surface area (Å²) < 4.78 is 0. The van der Waals surface area contributed by atoms with E-state index in [1.54, 1.807) is 6.07 Å². The van der Waals surface area contributed by atoms with Crippen LogP contribution in [0.4, 0.5) is 5.69 Å². The van der Waals surface area contributed by atoms with E-state index in [2.05, 4.69) is 10.2 Å². The van der Waals surface area contributed by atoms with Crippen LogP contribution in [0.3, 0.4) is 0 Å². The van der Waals surface area contributed by atoms with Crippen molar-refractivity contribution in [1.29, 1.82) is 0 Å². The number of hydrogen-bond donors (Lipinski definition) is 2. The van der Waals surface area contributed by atoms with Crippen molar-refractivity contribution in [2.75, 3.05) is 25.0 Å². The smallest absolute Gasteiger partial charge is 0.238 e. The third kappa shape index (κ3) is 3.39. The van der Waals surface area contributed by atoms with E-state index in [1.165, 1.54) is 12.8 Å². The average Bonchev–Trinajstić information content (AvgIpc) is 2.85. The number of benzene rings is 1. The van der Waals surface area contributed by atoms with Gasteiger partial charge in [-0.25, -0.2) is 0 Å². The van der Waals surface area contributed by atoms with E-state index in [9.17, 15) is 4.79 Å². The molecule has 2 fully saturated rings. The van der Waals surface area contributed by atoms with Gasteiger partial charge in [0.1, 0.15) is 0 Å². The Bertz CT molecular complexity index is 522. The molecular weight excluding hydrogens is 286 g/mol. The van der Waals surface area contributed by atoms with Crippen molar-refractivity contribution < 1.29 is 4.79 Å². The molecule has 1 aromatic carbocycles. The highest BCUT2D eigenvalue weighted by Gasteiger charge is 2.38. The Morgan fingerprint density at radius 2 is 2.14 bits per heavy atom. The lowest BCUT2D eigenvalue weighted by Crippen LogP contribution is -2.38. The molecule has 0 spiro atoms. The van der Waals surface area contributed by atoms with Gasteiger partial charge in [0.05, 0.1) is 17.3 Å². The Hall–Kier alpha value is -1.10. The zero-order chi connectivity index (χ0) is 14.8. The number of carbonyl (C=O) groups excluding carboxylic acids is 1. The fourth-order valence-electron chi connectivity index (χ4n) is 3.69. The summed E-state index contributed by atoms with van der Waals surface area (Å²) in [7, 11) is 0. The Morgan fingerprint density at radius 1 is 1.33 bits per heavy atom. The largest absolute Gasteiger partial charge is 0.327 e. The lowest BCUT2D eigenvalue weighted by Gasteiger charge is -2.29. The van der Waals surface area contributed by atoms with E-state index in [1.807, 2.05) is 18.2 Å². The fourth-order valence-corrected chi connectivity index (χ4v) is 3.88. The molecule has 1 aromatic rings. The molecule has 1 aliphatic carbocycles. The van der Waals surface area contributed by atoms with Gasteiger partial charge in [-0.15, -0.1) is 0 Å². The molecule has 21 heavy (non-hydrogen) atoms. The van der Waals surface area contributed by atoms with E-state index in [-0.39, 0.29) is 5.91 Å². The number of anilines is 1. The molecule has 3 N–H and O–H groups in total. The van der Waals surface area contributed by atoms with Crippen LogP contribution in [0.2, 0.25) is 5.02 Å². The Morgan fingerprint density at radius 3 is 2.90 bits per heavy atom. The summed E-state index contributed by atoms with van der Waals surface area (Å²) in [6.07, 6.45) is 3.60. The summed E-state index contributed by atoms with van der Waals surface area (Å²) >= 11 is 6.06. The number of amides is 1. The van der Waals surface area contributed by atoms with E-state index >= 15 is 0 Å². The van der Waals surface area contributed by atoms with Crippen molar-refractivity contribution in [2.24, 2.45) is 17.6 Å². The topological polar surface area (TPSA) is 58.4 Å². The zero-order valence-electron chi connectivity index (χ0n) is 12.1. The third-order valence-electron chi connectivity index (χ3n) is 4.74. The molecule has 1 heterocycles. The van der Waals surface area contributed by atoms with E-state index in [0.29, 0.717) is 35.1 Å². The van der Waals surface area contributed by atoms with Crippen LogP contribution in [0.25, 0.3) is 0 Å². The minimum Gasteiger partial charge on any atom is -0.327 e. The van der Waals surface area contributed by atoms with Gasteiger partial charge < -0.3 is 11.1 Å². The number of rotatable bonds is 3. The second-order valence-corrected chi connectivity index (χ2v) is 6.65. The molecule has 2 aliphatic rings. The van der Waals surface area contributed by atoms with Gasteiger partial charge in [0.15, 0.2) is 0 Å². The molecule has 3 unspecified atom stereocenters. The summed E-state index contributed by atoms with van der Waals surface area (Å²) in [5.41, 5.74) is 6.89. The van der Waals surface area contributed by atoms with Crippen molar-refractivity contribution in [2.45, 2.75) is 25.3 Å². The first-order valence-corrected chi connectivity index (χ1v) is 8.03. The molecule has 0 aromatic heterocycles. The number of nitrogens with zero attached hydrogens (tertiary/aromatic N) is 1. The number of hydrogen-bond acceptors (Lipinski definition) is 3. The van der Waals surface area contributed by atoms with Crippen LogP contribution in [-0.4, -0.2) is 36.5 Å². The van der Waals surface area contributed by atoms with Crippen molar-refractivity contribution in [3.8, 4) is 0 Å². The Kier molecular flexibility index (Phi) is 4.48. The fraction of sp³-hybridized carbons (Fsp3) is 0.562. The molecule has 1 amide bonds. The van der Waals surface area contributed by atoms with Gasteiger partial charge in [-0.3, -0.25) is 9.69 Å². The minimum absolute atomic E-state index is 0.00433. The van der Waals surface area contributed by atoms with Gasteiger partial charge in [-0.1, -0.05) is 30.2 Å². The number of para-hydroxylation sites is 1. The molecule has 0 radical (unpaired) electrons. The third-order valence-corrected chi connectivity index (χ3v) is 5.07. The monoisotopic (exact) mass is 307 g/mol. The standard InChI is InChI=1S/C16H22ClN3O/c17-13-5-1-2-7-15(13)19-16(21)10-20-8-11-4-3-6-14(18)12(11)9-20/h1-2,5,7,11-12,14H,3-4,6,8-10,18H2,(H,19,21). The van der Waals surface area contributed by atoms with Gasteiger partial charge >= 0.3 is 0 Å². The maximum absolute atomic E-state index is 12.2. The highest BCUT2D eigenvalue weighted by Crippen LogP contribution is 2.35. The minimum atomic E-state index is -0.00433. The van der Waals surface area contributed by atoms with Gasteiger partial charge in [0, 0.05) is 19.1 Å². The molecule has 1 saturated carbocycles. The zero-order valence-corrected chi connectivity index (χ0v) is 12.9. The van der Waals surface area contributed by atoms with Gasteiger partial charge in [0.2, 0.25) is 5.91 Å². The Labute approximate surface area is 130 Å².